The molecule has 1 aliphatic rings. The topological polar surface area (TPSA) is 42.5 Å². The Balaban J connectivity index is 2.00. The van der Waals surface area contributed by atoms with Crippen molar-refractivity contribution < 1.29 is 9.47 Å². The maximum absolute atomic E-state index is 5.25. The Morgan fingerprint density at radius 1 is 1.50 bits per heavy atom. The molecule has 1 saturated heterocycles. The number of hydrogen-bond donors (Lipinski definition) is 2. The lowest BCUT2D eigenvalue weighted by Gasteiger charge is -2.17. The lowest BCUT2D eigenvalue weighted by molar-refractivity contribution is 0.0288. The van der Waals surface area contributed by atoms with Gasteiger partial charge >= 0.3 is 0 Å². The molecule has 0 aromatic heterocycles. The van der Waals surface area contributed by atoms with Gasteiger partial charge in [0, 0.05) is 33.4 Å². The van der Waals surface area contributed by atoms with E-state index in [2.05, 4.69) is 10.6 Å². The number of methoxy groups -OCH3 is 2. The summed E-state index contributed by atoms with van der Waals surface area (Å²) in [5.74, 6) is 0. The van der Waals surface area contributed by atoms with E-state index in [1.807, 2.05) is 0 Å². The lowest BCUT2D eigenvalue weighted by Crippen LogP contribution is -2.39. The highest BCUT2D eigenvalue weighted by atomic mass is 16.5. The third kappa shape index (κ3) is 4.37. The average molecular weight is 202 g/mol. The first-order valence-electron chi connectivity index (χ1n) is 5.32. The van der Waals surface area contributed by atoms with Gasteiger partial charge in [0.15, 0.2) is 0 Å². The largest absolute Gasteiger partial charge is 0.382 e. The van der Waals surface area contributed by atoms with Gasteiger partial charge in [-0.25, -0.2) is 0 Å². The minimum absolute atomic E-state index is 0.168. The summed E-state index contributed by atoms with van der Waals surface area (Å²) in [5, 5.41) is 6.84. The van der Waals surface area contributed by atoms with Gasteiger partial charge in [-0.05, 0) is 19.4 Å². The second-order valence-corrected chi connectivity index (χ2v) is 3.76. The van der Waals surface area contributed by atoms with Crippen molar-refractivity contribution in [1.29, 1.82) is 0 Å². The molecule has 1 fully saturated rings. The third-order valence-electron chi connectivity index (χ3n) is 2.61. The zero-order valence-corrected chi connectivity index (χ0v) is 9.21. The van der Waals surface area contributed by atoms with E-state index in [1.165, 1.54) is 12.8 Å². The molecule has 1 rings (SSSR count). The van der Waals surface area contributed by atoms with Gasteiger partial charge in [0.2, 0.25) is 0 Å². The minimum Gasteiger partial charge on any atom is -0.382 e. The van der Waals surface area contributed by atoms with Gasteiger partial charge in [-0.1, -0.05) is 0 Å². The Morgan fingerprint density at radius 2 is 2.36 bits per heavy atom. The van der Waals surface area contributed by atoms with Gasteiger partial charge in [0.25, 0.3) is 0 Å². The van der Waals surface area contributed by atoms with E-state index >= 15 is 0 Å². The van der Waals surface area contributed by atoms with Crippen molar-refractivity contribution in [3.8, 4) is 0 Å². The molecule has 1 heterocycles. The molecular weight excluding hydrogens is 180 g/mol. The molecule has 0 bridgehead atoms. The van der Waals surface area contributed by atoms with E-state index in [9.17, 15) is 0 Å². The first-order chi connectivity index (χ1) is 6.86. The summed E-state index contributed by atoms with van der Waals surface area (Å²) in [4.78, 5) is 0. The quantitative estimate of drug-likeness (QED) is 0.609. The molecule has 2 atom stereocenters. The smallest absolute Gasteiger partial charge is 0.0928 e. The van der Waals surface area contributed by atoms with Crippen LogP contribution in [-0.2, 0) is 9.47 Å². The summed E-state index contributed by atoms with van der Waals surface area (Å²) in [6.45, 7) is 3.71. The highest BCUT2D eigenvalue weighted by molar-refractivity contribution is 4.76. The van der Waals surface area contributed by atoms with Gasteiger partial charge in [0.05, 0.1) is 12.7 Å². The zero-order chi connectivity index (χ0) is 10.2. The van der Waals surface area contributed by atoms with Crippen LogP contribution >= 0.6 is 0 Å². The van der Waals surface area contributed by atoms with Crippen LogP contribution in [0.15, 0.2) is 0 Å². The minimum atomic E-state index is 0.168. The fourth-order valence-corrected chi connectivity index (χ4v) is 1.75. The molecule has 0 saturated carbocycles. The van der Waals surface area contributed by atoms with Crippen molar-refractivity contribution in [3.63, 3.8) is 0 Å². The van der Waals surface area contributed by atoms with E-state index < -0.39 is 0 Å². The number of ether oxygens (including phenoxy) is 2. The van der Waals surface area contributed by atoms with Crippen LogP contribution in [0.5, 0.6) is 0 Å². The molecule has 1 aliphatic heterocycles. The molecule has 0 spiro atoms. The van der Waals surface area contributed by atoms with Crippen LogP contribution in [0.2, 0.25) is 0 Å². The standard InChI is InChI=1S/C10H22N2O2/c1-13-8-10(14-2)7-11-6-9-4-3-5-12-9/h9-12H,3-8H2,1-2H3. The summed E-state index contributed by atoms with van der Waals surface area (Å²) >= 11 is 0. The van der Waals surface area contributed by atoms with Crippen LogP contribution in [0.1, 0.15) is 12.8 Å². The van der Waals surface area contributed by atoms with Crippen molar-refractivity contribution >= 4 is 0 Å². The van der Waals surface area contributed by atoms with Crippen LogP contribution in [0, 0.1) is 0 Å². The fourth-order valence-electron chi connectivity index (χ4n) is 1.75. The van der Waals surface area contributed by atoms with Gasteiger partial charge in [0.1, 0.15) is 0 Å². The van der Waals surface area contributed by atoms with Gasteiger partial charge in [-0.15, -0.1) is 0 Å². The second-order valence-electron chi connectivity index (χ2n) is 3.76. The summed E-state index contributed by atoms with van der Waals surface area (Å²) in [5.41, 5.74) is 0. The first kappa shape index (κ1) is 11.9. The van der Waals surface area contributed by atoms with Crippen molar-refractivity contribution in [2.75, 3.05) is 40.5 Å². The van der Waals surface area contributed by atoms with Crippen LogP contribution in [0.25, 0.3) is 0 Å². The molecule has 0 aliphatic carbocycles. The molecule has 14 heavy (non-hydrogen) atoms. The molecule has 84 valence electrons. The number of nitrogens with one attached hydrogen (secondary N) is 2. The van der Waals surface area contributed by atoms with Crippen LogP contribution in [0.4, 0.5) is 0 Å². The van der Waals surface area contributed by atoms with Crippen LogP contribution < -0.4 is 10.6 Å². The first-order valence-corrected chi connectivity index (χ1v) is 5.32. The Morgan fingerprint density at radius 3 is 2.93 bits per heavy atom. The summed E-state index contributed by atoms with van der Waals surface area (Å²) in [7, 11) is 3.42. The number of hydrogen-bond acceptors (Lipinski definition) is 4. The molecule has 0 amide bonds. The number of rotatable bonds is 7. The zero-order valence-electron chi connectivity index (χ0n) is 9.21. The normalized spacial score (nSPS) is 24.0. The molecule has 4 heteroatoms. The third-order valence-corrected chi connectivity index (χ3v) is 2.61. The SMILES string of the molecule is COCC(CNCC1CCCN1)OC. The predicted molar refractivity (Wildman–Crippen MR) is 56.6 cm³/mol. The summed E-state index contributed by atoms with van der Waals surface area (Å²) in [6.07, 6.45) is 2.76. The van der Waals surface area contributed by atoms with E-state index in [1.54, 1.807) is 14.2 Å². The highest BCUT2D eigenvalue weighted by Crippen LogP contribution is 2.03. The fraction of sp³-hybridized carbons (Fsp3) is 1.00. The van der Waals surface area contributed by atoms with E-state index in [0.717, 1.165) is 19.6 Å². The molecule has 2 N–H and O–H groups in total. The Bertz CT molecular complexity index is 138. The Kier molecular flexibility index (Phi) is 6.10. The maximum atomic E-state index is 5.25. The van der Waals surface area contributed by atoms with Gasteiger partial charge in [-0.3, -0.25) is 0 Å². The van der Waals surface area contributed by atoms with Crippen molar-refractivity contribution in [1.82, 2.24) is 10.6 Å². The highest BCUT2D eigenvalue weighted by Gasteiger charge is 2.14. The predicted octanol–water partition coefficient (Wildman–Crippen LogP) is -0.0106. The second kappa shape index (κ2) is 7.17. The summed E-state index contributed by atoms with van der Waals surface area (Å²) < 4.78 is 10.3. The Hall–Kier alpha value is -0.160. The van der Waals surface area contributed by atoms with Gasteiger partial charge in [-0.2, -0.15) is 0 Å². The van der Waals surface area contributed by atoms with Crippen molar-refractivity contribution in [2.45, 2.75) is 25.0 Å². The van der Waals surface area contributed by atoms with Crippen LogP contribution in [-0.4, -0.2) is 52.6 Å². The molecule has 0 aromatic carbocycles. The molecule has 0 aromatic rings. The van der Waals surface area contributed by atoms with E-state index in [4.69, 9.17) is 9.47 Å². The van der Waals surface area contributed by atoms with E-state index in [-0.39, 0.29) is 6.10 Å². The molecule has 4 nitrogen and oxygen atoms in total. The van der Waals surface area contributed by atoms with Crippen molar-refractivity contribution in [2.24, 2.45) is 0 Å². The van der Waals surface area contributed by atoms with Crippen molar-refractivity contribution in [3.05, 3.63) is 0 Å². The molecule has 2 unspecified atom stereocenters. The molecule has 0 radical (unpaired) electrons. The van der Waals surface area contributed by atoms with Crippen LogP contribution in [0.3, 0.4) is 0 Å². The van der Waals surface area contributed by atoms with Gasteiger partial charge < -0.3 is 20.1 Å². The Labute approximate surface area is 86.3 Å². The van der Waals surface area contributed by atoms with E-state index in [0.29, 0.717) is 12.6 Å². The summed E-state index contributed by atoms with van der Waals surface area (Å²) in [6, 6.07) is 0.648. The maximum Gasteiger partial charge on any atom is 0.0928 e. The monoisotopic (exact) mass is 202 g/mol. The molecular formula is C10H22N2O2. The lowest BCUT2D eigenvalue weighted by atomic mass is 10.2. The average Bonchev–Trinajstić information content (AvgIpc) is 2.69.